The van der Waals surface area contributed by atoms with Crippen LogP contribution >= 0.6 is 11.6 Å². The molecule has 0 saturated carbocycles. The van der Waals surface area contributed by atoms with Gasteiger partial charge >= 0.3 is 5.97 Å². The number of carboxylic acid groups (broad SMARTS) is 1. The number of rotatable bonds is 10. The highest BCUT2D eigenvalue weighted by Gasteiger charge is 2.65. The van der Waals surface area contributed by atoms with Crippen molar-refractivity contribution in [2.24, 2.45) is 5.73 Å². The predicted molar refractivity (Wildman–Crippen MR) is 137 cm³/mol. The molecule has 1 heterocycles. The van der Waals surface area contributed by atoms with Crippen molar-refractivity contribution in [3.63, 3.8) is 0 Å². The first kappa shape index (κ1) is 29.4. The molecule has 0 aromatic heterocycles. The van der Waals surface area contributed by atoms with Gasteiger partial charge in [-0.25, -0.2) is 17.2 Å². The van der Waals surface area contributed by atoms with Crippen LogP contribution in [0.2, 0.25) is 5.02 Å². The highest BCUT2D eigenvalue weighted by molar-refractivity contribution is 7.89. The Balaban J connectivity index is 1.61. The number of carbonyl (C=O) groups excluding carboxylic acids is 1. The number of halogens is 3. The maximum absolute atomic E-state index is 13.5. The topological polar surface area (TPSA) is 154 Å². The zero-order valence-corrected chi connectivity index (χ0v) is 22.3. The molecule has 3 atom stereocenters. The molecule has 1 saturated heterocycles. The van der Waals surface area contributed by atoms with E-state index in [1.165, 1.54) is 36.4 Å². The van der Waals surface area contributed by atoms with Gasteiger partial charge in [-0.2, -0.15) is 4.72 Å². The smallest absolute Gasteiger partial charge is 0.328 e. The molecule has 3 aromatic carbocycles. The van der Waals surface area contributed by atoms with Crippen molar-refractivity contribution in [3.05, 3.63) is 94.5 Å². The van der Waals surface area contributed by atoms with Gasteiger partial charge in [-0.1, -0.05) is 29.8 Å². The van der Waals surface area contributed by atoms with Crippen LogP contribution in [0.3, 0.4) is 0 Å². The quantitative estimate of drug-likeness (QED) is 0.323. The fourth-order valence-electron chi connectivity index (χ4n) is 4.34. The molecule has 3 unspecified atom stereocenters. The second-order valence-corrected chi connectivity index (χ2v) is 11.0. The van der Waals surface area contributed by atoms with Gasteiger partial charge in [-0.15, -0.1) is 0 Å². The summed E-state index contributed by atoms with van der Waals surface area (Å²) in [6, 6.07) is 13.3. The highest BCUT2D eigenvalue weighted by atomic mass is 35.5. The van der Waals surface area contributed by atoms with Gasteiger partial charge in [-0.05, 0) is 48.5 Å². The SMILES string of the molecule is COC1(c2ccc(F)cc2)CC(NS(=O)(=O)c2ccc(OCc3ccc(F)cc3Cl)cc2)(C(=O)O)C(C(N)=O)O1. The van der Waals surface area contributed by atoms with Crippen molar-refractivity contribution in [1.82, 2.24) is 4.72 Å². The number of primary amides is 1. The van der Waals surface area contributed by atoms with E-state index in [1.54, 1.807) is 0 Å². The van der Waals surface area contributed by atoms with Crippen LogP contribution in [0.1, 0.15) is 17.5 Å². The van der Waals surface area contributed by atoms with Gasteiger partial charge in [0.1, 0.15) is 24.0 Å². The van der Waals surface area contributed by atoms with Gasteiger partial charge < -0.3 is 25.1 Å². The fourth-order valence-corrected chi connectivity index (χ4v) is 5.92. The number of carboxylic acids is 1. The molecule has 212 valence electrons. The third-order valence-corrected chi connectivity index (χ3v) is 8.26. The molecular weight excluding hydrogens is 574 g/mol. The van der Waals surface area contributed by atoms with E-state index in [9.17, 15) is 31.9 Å². The summed E-state index contributed by atoms with van der Waals surface area (Å²) in [5.74, 6) is -5.85. The summed E-state index contributed by atoms with van der Waals surface area (Å²) in [6.07, 6.45) is -2.72. The number of methoxy groups -OCH3 is 1. The second kappa shape index (κ2) is 11.1. The number of amides is 1. The largest absolute Gasteiger partial charge is 0.489 e. The van der Waals surface area contributed by atoms with Gasteiger partial charge in [0, 0.05) is 24.7 Å². The van der Waals surface area contributed by atoms with Crippen molar-refractivity contribution < 1.29 is 46.1 Å². The lowest BCUT2D eigenvalue weighted by molar-refractivity contribution is -0.219. The number of sulfonamides is 1. The molecule has 0 spiro atoms. The molecule has 1 aliphatic heterocycles. The first-order valence-corrected chi connectivity index (χ1v) is 13.4. The molecular formula is C26H23ClF2N2O8S. The Bertz CT molecular complexity index is 1540. The first-order valence-electron chi connectivity index (χ1n) is 11.5. The van der Waals surface area contributed by atoms with Gasteiger partial charge in [0.2, 0.25) is 15.9 Å². The van der Waals surface area contributed by atoms with Gasteiger partial charge in [0.05, 0.1) is 9.92 Å². The molecule has 14 heteroatoms. The van der Waals surface area contributed by atoms with Crippen molar-refractivity contribution in [2.75, 3.05) is 7.11 Å². The second-order valence-electron chi connectivity index (χ2n) is 8.92. The Kier molecular flexibility index (Phi) is 8.15. The number of nitrogens with one attached hydrogen (secondary N) is 1. The predicted octanol–water partition coefficient (Wildman–Crippen LogP) is 3.07. The summed E-state index contributed by atoms with van der Waals surface area (Å²) in [7, 11) is -3.45. The van der Waals surface area contributed by atoms with E-state index in [0.717, 1.165) is 37.4 Å². The van der Waals surface area contributed by atoms with Crippen molar-refractivity contribution in [1.29, 1.82) is 0 Å². The monoisotopic (exact) mass is 596 g/mol. The van der Waals surface area contributed by atoms with Crippen LogP contribution in [0.5, 0.6) is 5.75 Å². The van der Waals surface area contributed by atoms with Crippen LogP contribution in [0, 0.1) is 11.6 Å². The summed E-state index contributed by atoms with van der Waals surface area (Å²) in [5, 5.41) is 10.3. The number of aliphatic carboxylic acids is 1. The third-order valence-electron chi connectivity index (χ3n) is 6.38. The van der Waals surface area contributed by atoms with Crippen LogP contribution in [0.4, 0.5) is 8.78 Å². The minimum Gasteiger partial charge on any atom is -0.489 e. The normalized spacial score (nSPS) is 22.6. The van der Waals surface area contributed by atoms with Crippen LogP contribution in [0.25, 0.3) is 0 Å². The number of benzene rings is 3. The highest BCUT2D eigenvalue weighted by Crippen LogP contribution is 2.46. The molecule has 10 nitrogen and oxygen atoms in total. The third kappa shape index (κ3) is 5.64. The van der Waals surface area contributed by atoms with Crippen LogP contribution in [-0.4, -0.2) is 44.2 Å². The van der Waals surface area contributed by atoms with E-state index in [2.05, 4.69) is 4.72 Å². The average molecular weight is 597 g/mol. The number of carbonyl (C=O) groups is 2. The maximum Gasteiger partial charge on any atom is 0.328 e. The van der Waals surface area contributed by atoms with Crippen molar-refractivity contribution >= 4 is 33.5 Å². The molecule has 3 aromatic rings. The van der Waals surface area contributed by atoms with Gasteiger partial charge in [0.15, 0.2) is 17.4 Å². The number of ether oxygens (including phenoxy) is 3. The van der Waals surface area contributed by atoms with E-state index in [-0.39, 0.29) is 27.8 Å². The Hall–Kier alpha value is -3.62. The van der Waals surface area contributed by atoms with Crippen LogP contribution in [0.15, 0.2) is 71.6 Å². The van der Waals surface area contributed by atoms with Crippen molar-refractivity contribution in [3.8, 4) is 5.75 Å². The molecule has 1 fully saturated rings. The standard InChI is InChI=1S/C26H23ClF2N2O8S/c1-37-26(16-3-6-17(28)7-4-16)14-25(24(33)34,22(39-26)23(30)32)31-40(35,36)20-10-8-19(9-11-20)38-13-15-2-5-18(29)12-21(15)27/h2-12,22,31H,13-14H2,1H3,(H2,30,32)(H,33,34). The van der Waals surface area contributed by atoms with E-state index < -0.39 is 57.4 Å². The molecule has 4 N–H and O–H groups in total. The van der Waals surface area contributed by atoms with E-state index in [1.807, 2.05) is 0 Å². The fraction of sp³-hybridized carbons (Fsp3) is 0.231. The molecule has 0 aliphatic carbocycles. The summed E-state index contributed by atoms with van der Waals surface area (Å²) in [6.45, 7) is -0.0360. The summed E-state index contributed by atoms with van der Waals surface area (Å²) >= 11 is 5.99. The van der Waals surface area contributed by atoms with Crippen LogP contribution < -0.4 is 15.2 Å². The Morgan fingerprint density at radius 3 is 2.27 bits per heavy atom. The lowest BCUT2D eigenvalue weighted by Gasteiger charge is -2.29. The zero-order chi connectivity index (χ0) is 29.3. The number of nitrogens with two attached hydrogens (primary N) is 1. The van der Waals surface area contributed by atoms with Gasteiger partial charge in [-0.3, -0.25) is 9.59 Å². The molecule has 4 rings (SSSR count). The molecule has 0 radical (unpaired) electrons. The van der Waals surface area contributed by atoms with E-state index >= 15 is 0 Å². The summed E-state index contributed by atoms with van der Waals surface area (Å²) in [4.78, 5) is 24.6. The number of hydrogen-bond acceptors (Lipinski definition) is 7. The minimum atomic E-state index is -4.61. The lowest BCUT2D eigenvalue weighted by Crippen LogP contribution is -2.63. The molecule has 1 amide bonds. The minimum absolute atomic E-state index is 0.0360. The molecule has 0 bridgehead atoms. The van der Waals surface area contributed by atoms with E-state index in [0.29, 0.717) is 5.56 Å². The Morgan fingerprint density at radius 2 is 1.73 bits per heavy atom. The molecule has 40 heavy (non-hydrogen) atoms. The Morgan fingerprint density at radius 1 is 1.10 bits per heavy atom. The van der Waals surface area contributed by atoms with E-state index in [4.69, 9.17) is 31.5 Å². The van der Waals surface area contributed by atoms with Crippen LogP contribution in [-0.2, 0) is 41.5 Å². The number of hydrogen-bond donors (Lipinski definition) is 3. The molecule has 1 aliphatic rings. The summed E-state index contributed by atoms with van der Waals surface area (Å²) < 4.78 is 72.2. The maximum atomic E-state index is 13.5. The van der Waals surface area contributed by atoms with Crippen molar-refractivity contribution in [2.45, 2.75) is 35.4 Å². The Labute approximate surface area is 232 Å². The zero-order valence-electron chi connectivity index (χ0n) is 20.8. The lowest BCUT2D eigenvalue weighted by atomic mass is 9.87. The average Bonchev–Trinajstić information content (AvgIpc) is 3.25. The first-order chi connectivity index (χ1) is 18.8. The van der Waals surface area contributed by atoms with Gasteiger partial charge in [0.25, 0.3) is 0 Å². The summed E-state index contributed by atoms with van der Waals surface area (Å²) in [5.41, 5.74) is 3.47.